The third-order valence-electron chi connectivity index (χ3n) is 2.52. The Kier molecular flexibility index (Phi) is 2.86. The Hall–Kier alpha value is -2.07. The van der Waals surface area contributed by atoms with Gasteiger partial charge in [-0.15, -0.1) is 11.3 Å². The van der Waals surface area contributed by atoms with Gasteiger partial charge in [0.2, 0.25) is 0 Å². The molecule has 1 aromatic heterocycles. The number of thiazole rings is 1. The van der Waals surface area contributed by atoms with E-state index >= 15 is 0 Å². The summed E-state index contributed by atoms with van der Waals surface area (Å²) in [4.78, 5) is 4.45. The standard InChI is InChI=1S/C14H11N3S/c1-10-15-13-9-12(7-8-14(13)18-10)17-16-11-5-3-2-4-6-11/h2-9H,1H3. The van der Waals surface area contributed by atoms with Gasteiger partial charge in [0.1, 0.15) is 0 Å². The Bertz CT molecular complexity index is 701. The minimum absolute atomic E-state index is 0.830. The number of aromatic nitrogens is 1. The van der Waals surface area contributed by atoms with Crippen LogP contribution in [0.2, 0.25) is 0 Å². The summed E-state index contributed by atoms with van der Waals surface area (Å²) in [6.07, 6.45) is 0. The van der Waals surface area contributed by atoms with Crippen molar-refractivity contribution in [3.63, 3.8) is 0 Å². The van der Waals surface area contributed by atoms with Crippen LogP contribution in [0.25, 0.3) is 10.2 Å². The fourth-order valence-corrected chi connectivity index (χ4v) is 2.51. The SMILES string of the molecule is Cc1nc2cc(N=Nc3ccccc3)ccc2s1. The van der Waals surface area contributed by atoms with Gasteiger partial charge in [-0.25, -0.2) is 4.98 Å². The van der Waals surface area contributed by atoms with E-state index in [-0.39, 0.29) is 0 Å². The zero-order valence-corrected chi connectivity index (χ0v) is 10.7. The van der Waals surface area contributed by atoms with Crippen LogP contribution in [0, 0.1) is 6.92 Å². The molecule has 0 radical (unpaired) electrons. The van der Waals surface area contributed by atoms with Crippen molar-refractivity contribution in [2.75, 3.05) is 0 Å². The molecule has 3 nitrogen and oxygen atoms in total. The summed E-state index contributed by atoms with van der Waals surface area (Å²) >= 11 is 1.69. The highest BCUT2D eigenvalue weighted by Crippen LogP contribution is 2.26. The smallest absolute Gasteiger partial charge is 0.0907 e. The Morgan fingerprint density at radius 2 is 1.72 bits per heavy atom. The highest BCUT2D eigenvalue weighted by atomic mass is 32.1. The highest BCUT2D eigenvalue weighted by molar-refractivity contribution is 7.18. The van der Waals surface area contributed by atoms with Gasteiger partial charge in [-0.2, -0.15) is 10.2 Å². The number of aryl methyl sites for hydroxylation is 1. The summed E-state index contributed by atoms with van der Waals surface area (Å²) in [5.74, 6) is 0. The molecule has 2 aromatic carbocycles. The third-order valence-corrected chi connectivity index (χ3v) is 3.47. The molecule has 0 bridgehead atoms. The van der Waals surface area contributed by atoms with Crippen molar-refractivity contribution in [3.05, 3.63) is 53.5 Å². The molecule has 0 aliphatic carbocycles. The Labute approximate surface area is 109 Å². The van der Waals surface area contributed by atoms with Crippen LogP contribution in [0.4, 0.5) is 11.4 Å². The molecule has 1 heterocycles. The van der Waals surface area contributed by atoms with Gasteiger partial charge in [-0.05, 0) is 37.3 Å². The van der Waals surface area contributed by atoms with E-state index in [4.69, 9.17) is 0 Å². The lowest BCUT2D eigenvalue weighted by Crippen LogP contribution is -1.69. The Morgan fingerprint density at radius 3 is 2.56 bits per heavy atom. The summed E-state index contributed by atoms with van der Waals surface area (Å²) < 4.78 is 1.19. The third kappa shape index (κ3) is 2.28. The van der Waals surface area contributed by atoms with Gasteiger partial charge in [0.15, 0.2) is 0 Å². The topological polar surface area (TPSA) is 37.6 Å². The average molecular weight is 253 g/mol. The van der Waals surface area contributed by atoms with Crippen molar-refractivity contribution < 1.29 is 0 Å². The molecular formula is C14H11N3S. The first-order valence-corrected chi connectivity index (χ1v) is 6.47. The second-order valence-electron chi connectivity index (χ2n) is 3.92. The molecule has 0 fully saturated rings. The minimum atomic E-state index is 0.830. The first-order chi connectivity index (χ1) is 8.81. The molecule has 0 atom stereocenters. The fraction of sp³-hybridized carbons (Fsp3) is 0.0714. The second kappa shape index (κ2) is 4.66. The monoisotopic (exact) mass is 253 g/mol. The molecule has 0 spiro atoms. The molecule has 3 aromatic rings. The number of hydrogen-bond acceptors (Lipinski definition) is 4. The van der Waals surface area contributed by atoms with Gasteiger partial charge >= 0.3 is 0 Å². The summed E-state index contributed by atoms with van der Waals surface area (Å²) in [6.45, 7) is 2.01. The van der Waals surface area contributed by atoms with Crippen LogP contribution in [0.5, 0.6) is 0 Å². The van der Waals surface area contributed by atoms with Crippen LogP contribution in [0.1, 0.15) is 5.01 Å². The molecule has 0 amide bonds. The highest BCUT2D eigenvalue weighted by Gasteiger charge is 2.00. The Balaban J connectivity index is 1.93. The maximum absolute atomic E-state index is 4.45. The van der Waals surface area contributed by atoms with E-state index in [1.54, 1.807) is 11.3 Å². The molecule has 0 saturated heterocycles. The molecule has 3 rings (SSSR count). The number of nitrogens with zero attached hydrogens (tertiary/aromatic N) is 3. The van der Waals surface area contributed by atoms with E-state index in [1.807, 2.05) is 55.5 Å². The van der Waals surface area contributed by atoms with E-state index in [0.29, 0.717) is 0 Å². The van der Waals surface area contributed by atoms with Gasteiger partial charge in [0, 0.05) is 0 Å². The molecule has 0 unspecified atom stereocenters. The lowest BCUT2D eigenvalue weighted by molar-refractivity contribution is 1.23. The molecule has 4 heteroatoms. The quantitative estimate of drug-likeness (QED) is 0.591. The lowest BCUT2D eigenvalue weighted by Gasteiger charge is -1.93. The molecule has 0 aliphatic rings. The van der Waals surface area contributed by atoms with Crippen molar-refractivity contribution >= 4 is 32.9 Å². The maximum Gasteiger partial charge on any atom is 0.0907 e. The van der Waals surface area contributed by atoms with Gasteiger partial charge in [-0.1, -0.05) is 18.2 Å². The Morgan fingerprint density at radius 1 is 0.944 bits per heavy atom. The number of fused-ring (bicyclic) bond motifs is 1. The van der Waals surface area contributed by atoms with Gasteiger partial charge in [-0.3, -0.25) is 0 Å². The summed E-state index contributed by atoms with van der Waals surface area (Å²) in [5.41, 5.74) is 2.67. The van der Waals surface area contributed by atoms with E-state index in [2.05, 4.69) is 15.2 Å². The zero-order valence-electron chi connectivity index (χ0n) is 9.87. The number of azo groups is 1. The average Bonchev–Trinajstić information content (AvgIpc) is 2.77. The van der Waals surface area contributed by atoms with Crippen LogP contribution >= 0.6 is 11.3 Å². The fourth-order valence-electron chi connectivity index (χ4n) is 1.70. The normalized spacial score (nSPS) is 11.4. The largest absolute Gasteiger partial charge is 0.241 e. The van der Waals surface area contributed by atoms with Gasteiger partial charge in [0.05, 0.1) is 26.6 Å². The van der Waals surface area contributed by atoms with Crippen LogP contribution in [0.3, 0.4) is 0 Å². The van der Waals surface area contributed by atoms with E-state index in [0.717, 1.165) is 21.9 Å². The van der Waals surface area contributed by atoms with Crippen molar-refractivity contribution in [1.29, 1.82) is 0 Å². The lowest BCUT2D eigenvalue weighted by atomic mass is 10.3. The van der Waals surface area contributed by atoms with Gasteiger partial charge < -0.3 is 0 Å². The van der Waals surface area contributed by atoms with Crippen LogP contribution in [0.15, 0.2) is 58.8 Å². The summed E-state index contributed by atoms with van der Waals surface area (Å²) in [5, 5.41) is 9.49. The second-order valence-corrected chi connectivity index (χ2v) is 5.16. The van der Waals surface area contributed by atoms with E-state index in [1.165, 1.54) is 4.70 Å². The molecule has 18 heavy (non-hydrogen) atoms. The van der Waals surface area contributed by atoms with Gasteiger partial charge in [0.25, 0.3) is 0 Å². The molecule has 0 N–H and O–H groups in total. The number of benzene rings is 2. The molecule has 0 aliphatic heterocycles. The van der Waals surface area contributed by atoms with Crippen LogP contribution in [-0.2, 0) is 0 Å². The predicted octanol–water partition coefficient (Wildman–Crippen LogP) is 5.02. The number of rotatable bonds is 2. The van der Waals surface area contributed by atoms with Crippen LogP contribution in [-0.4, -0.2) is 4.98 Å². The zero-order chi connectivity index (χ0) is 12.4. The molecule has 88 valence electrons. The maximum atomic E-state index is 4.45. The van der Waals surface area contributed by atoms with Crippen molar-refractivity contribution in [1.82, 2.24) is 4.98 Å². The van der Waals surface area contributed by atoms with E-state index < -0.39 is 0 Å². The summed E-state index contributed by atoms with van der Waals surface area (Å²) in [7, 11) is 0. The minimum Gasteiger partial charge on any atom is -0.241 e. The van der Waals surface area contributed by atoms with Crippen molar-refractivity contribution in [2.24, 2.45) is 10.2 Å². The molecular weight excluding hydrogens is 242 g/mol. The predicted molar refractivity (Wildman–Crippen MR) is 75.0 cm³/mol. The first kappa shape index (κ1) is 11.0. The summed E-state index contributed by atoms with van der Waals surface area (Å²) in [6, 6.07) is 15.7. The van der Waals surface area contributed by atoms with E-state index in [9.17, 15) is 0 Å². The van der Waals surface area contributed by atoms with Crippen LogP contribution < -0.4 is 0 Å². The first-order valence-electron chi connectivity index (χ1n) is 5.65. The van der Waals surface area contributed by atoms with Crippen molar-refractivity contribution in [2.45, 2.75) is 6.92 Å². The number of hydrogen-bond donors (Lipinski definition) is 0. The molecule has 0 saturated carbocycles. The van der Waals surface area contributed by atoms with Crippen molar-refractivity contribution in [3.8, 4) is 0 Å².